The Labute approximate surface area is 110 Å². The summed E-state index contributed by atoms with van der Waals surface area (Å²) in [6.45, 7) is 0. The fourth-order valence-corrected chi connectivity index (χ4v) is 2.19. The second kappa shape index (κ2) is 4.69. The highest BCUT2D eigenvalue weighted by Crippen LogP contribution is 2.32. The Morgan fingerprint density at radius 1 is 1.05 bits per heavy atom. The maximum atomic E-state index is 14.1. The van der Waals surface area contributed by atoms with Crippen molar-refractivity contribution in [3.8, 4) is 16.9 Å². The van der Waals surface area contributed by atoms with Crippen LogP contribution in [0, 0.1) is 5.82 Å². The molecule has 0 bridgehead atoms. The monoisotopic (exact) mass is 253 g/mol. The molecule has 0 saturated heterocycles. The summed E-state index contributed by atoms with van der Waals surface area (Å²) in [6.07, 6.45) is 1.59. The Kier molecular flexibility index (Phi) is 2.88. The van der Waals surface area contributed by atoms with Gasteiger partial charge in [-0.25, -0.2) is 4.39 Å². The summed E-state index contributed by atoms with van der Waals surface area (Å²) in [6, 6.07) is 14.6. The molecule has 3 heteroatoms. The van der Waals surface area contributed by atoms with Crippen molar-refractivity contribution in [2.45, 2.75) is 0 Å². The van der Waals surface area contributed by atoms with Gasteiger partial charge in [-0.3, -0.25) is 4.98 Å². The third-order valence-electron chi connectivity index (χ3n) is 3.08. The summed E-state index contributed by atoms with van der Waals surface area (Å²) < 4.78 is 19.4. The molecule has 2 aromatic carbocycles. The van der Waals surface area contributed by atoms with Crippen LogP contribution in [-0.2, 0) is 0 Å². The summed E-state index contributed by atoms with van der Waals surface area (Å²) in [5, 5.41) is 0.781. The first-order valence-corrected chi connectivity index (χ1v) is 5.97. The molecule has 0 saturated carbocycles. The molecule has 0 N–H and O–H groups in total. The van der Waals surface area contributed by atoms with E-state index in [9.17, 15) is 4.39 Å². The molecule has 2 nitrogen and oxygen atoms in total. The predicted molar refractivity (Wildman–Crippen MR) is 73.7 cm³/mol. The van der Waals surface area contributed by atoms with Gasteiger partial charge in [0.05, 0.1) is 7.11 Å². The summed E-state index contributed by atoms with van der Waals surface area (Å²) in [7, 11) is 1.61. The van der Waals surface area contributed by atoms with Gasteiger partial charge in [-0.15, -0.1) is 0 Å². The van der Waals surface area contributed by atoms with Gasteiger partial charge in [-0.1, -0.05) is 24.3 Å². The molecule has 1 aromatic heterocycles. The predicted octanol–water partition coefficient (Wildman–Crippen LogP) is 4.05. The van der Waals surface area contributed by atoms with Crippen LogP contribution >= 0.6 is 0 Å². The molecule has 0 aliphatic heterocycles. The number of hydrogen-bond acceptors (Lipinski definition) is 2. The molecule has 19 heavy (non-hydrogen) atoms. The van der Waals surface area contributed by atoms with E-state index < -0.39 is 0 Å². The number of benzene rings is 2. The molecule has 0 atom stereocenters. The molecule has 0 unspecified atom stereocenters. The Morgan fingerprint density at radius 2 is 1.89 bits per heavy atom. The van der Waals surface area contributed by atoms with Gasteiger partial charge in [-0.05, 0) is 29.8 Å². The van der Waals surface area contributed by atoms with Gasteiger partial charge in [0.25, 0.3) is 0 Å². The largest absolute Gasteiger partial charge is 0.496 e. The van der Waals surface area contributed by atoms with Gasteiger partial charge in [0.2, 0.25) is 0 Å². The van der Waals surface area contributed by atoms with Crippen molar-refractivity contribution in [1.29, 1.82) is 0 Å². The summed E-state index contributed by atoms with van der Waals surface area (Å²) in [5.41, 5.74) is 2.05. The molecule has 0 aliphatic rings. The average molecular weight is 253 g/mol. The molecular formula is C16H12FNO. The quantitative estimate of drug-likeness (QED) is 0.687. The van der Waals surface area contributed by atoms with Crippen LogP contribution in [0.1, 0.15) is 0 Å². The maximum absolute atomic E-state index is 14.1. The highest BCUT2D eigenvalue weighted by molar-refractivity contribution is 5.86. The van der Waals surface area contributed by atoms with E-state index in [-0.39, 0.29) is 5.82 Å². The van der Waals surface area contributed by atoms with Crippen molar-refractivity contribution in [3.63, 3.8) is 0 Å². The van der Waals surface area contributed by atoms with Crippen LogP contribution in [0.25, 0.3) is 22.0 Å². The Bertz CT molecular complexity index is 740. The first kappa shape index (κ1) is 11.7. The minimum atomic E-state index is -0.320. The third-order valence-corrected chi connectivity index (χ3v) is 3.08. The molecule has 0 radical (unpaired) electrons. The van der Waals surface area contributed by atoms with E-state index in [1.807, 2.05) is 36.4 Å². The summed E-state index contributed by atoms with van der Waals surface area (Å²) in [5.74, 6) is 0.407. The standard InChI is InChI=1S/C16H12FNO/c1-19-15-7-3-2-6-13(15)12-9-11-5-4-8-18-16(11)14(17)10-12/h2-10H,1H3. The number of fused-ring (bicyclic) bond motifs is 1. The number of ether oxygens (including phenoxy) is 1. The molecule has 3 rings (SSSR count). The molecule has 0 spiro atoms. The highest BCUT2D eigenvalue weighted by atomic mass is 19.1. The SMILES string of the molecule is COc1ccccc1-c1cc(F)c2ncccc2c1. The first-order valence-electron chi connectivity index (χ1n) is 5.97. The third kappa shape index (κ3) is 2.03. The van der Waals surface area contributed by atoms with E-state index in [2.05, 4.69) is 4.98 Å². The van der Waals surface area contributed by atoms with Crippen molar-refractivity contribution >= 4 is 10.9 Å². The molecule has 3 aromatic rings. The topological polar surface area (TPSA) is 22.1 Å². The van der Waals surface area contributed by atoms with Gasteiger partial charge in [0.1, 0.15) is 17.1 Å². The van der Waals surface area contributed by atoms with Crippen LogP contribution in [-0.4, -0.2) is 12.1 Å². The fourth-order valence-electron chi connectivity index (χ4n) is 2.19. The van der Waals surface area contributed by atoms with Crippen molar-refractivity contribution in [1.82, 2.24) is 4.98 Å². The Morgan fingerprint density at radius 3 is 2.74 bits per heavy atom. The lowest BCUT2D eigenvalue weighted by Gasteiger charge is -2.09. The number of aromatic nitrogens is 1. The van der Waals surface area contributed by atoms with Crippen molar-refractivity contribution < 1.29 is 9.13 Å². The zero-order valence-corrected chi connectivity index (χ0v) is 10.4. The van der Waals surface area contributed by atoms with E-state index >= 15 is 0 Å². The lowest BCUT2D eigenvalue weighted by Crippen LogP contribution is -1.90. The molecule has 0 amide bonds. The molecule has 94 valence electrons. The fraction of sp³-hybridized carbons (Fsp3) is 0.0625. The van der Waals surface area contributed by atoms with E-state index in [0.29, 0.717) is 5.52 Å². The number of para-hydroxylation sites is 1. The van der Waals surface area contributed by atoms with Crippen LogP contribution in [0.4, 0.5) is 4.39 Å². The van der Waals surface area contributed by atoms with Gasteiger partial charge < -0.3 is 4.74 Å². The van der Waals surface area contributed by atoms with Crippen LogP contribution < -0.4 is 4.74 Å². The van der Waals surface area contributed by atoms with Gasteiger partial charge in [0.15, 0.2) is 0 Å². The van der Waals surface area contributed by atoms with Gasteiger partial charge >= 0.3 is 0 Å². The van der Waals surface area contributed by atoms with E-state index in [1.165, 1.54) is 6.07 Å². The second-order valence-electron chi connectivity index (χ2n) is 4.23. The van der Waals surface area contributed by atoms with Gasteiger partial charge in [0, 0.05) is 17.1 Å². The number of methoxy groups -OCH3 is 1. The van der Waals surface area contributed by atoms with Crippen LogP contribution in [0.15, 0.2) is 54.7 Å². The first-order chi connectivity index (χ1) is 9.29. The lowest BCUT2D eigenvalue weighted by molar-refractivity contribution is 0.416. The van der Waals surface area contributed by atoms with Crippen LogP contribution in [0.5, 0.6) is 5.75 Å². The van der Waals surface area contributed by atoms with Gasteiger partial charge in [-0.2, -0.15) is 0 Å². The maximum Gasteiger partial charge on any atom is 0.150 e. The van der Waals surface area contributed by atoms with E-state index in [4.69, 9.17) is 4.74 Å². The van der Waals surface area contributed by atoms with E-state index in [1.54, 1.807) is 19.4 Å². The normalized spacial score (nSPS) is 10.6. The molecule has 0 fully saturated rings. The molecule has 1 heterocycles. The highest BCUT2D eigenvalue weighted by Gasteiger charge is 2.09. The summed E-state index contributed by atoms with van der Waals surface area (Å²) in [4.78, 5) is 4.05. The molecule has 0 aliphatic carbocycles. The minimum absolute atomic E-state index is 0.320. The zero-order chi connectivity index (χ0) is 13.2. The lowest BCUT2D eigenvalue weighted by atomic mass is 10.0. The van der Waals surface area contributed by atoms with Crippen molar-refractivity contribution in [2.75, 3.05) is 7.11 Å². The average Bonchev–Trinajstić information content (AvgIpc) is 2.47. The number of rotatable bonds is 2. The summed E-state index contributed by atoms with van der Waals surface area (Å²) >= 11 is 0. The Balaban J connectivity index is 2.26. The zero-order valence-electron chi connectivity index (χ0n) is 10.4. The number of halogens is 1. The second-order valence-corrected chi connectivity index (χ2v) is 4.23. The van der Waals surface area contributed by atoms with Crippen molar-refractivity contribution in [2.24, 2.45) is 0 Å². The van der Waals surface area contributed by atoms with E-state index in [0.717, 1.165) is 22.3 Å². The number of hydrogen-bond donors (Lipinski definition) is 0. The Hall–Kier alpha value is -2.42. The molecular weight excluding hydrogens is 241 g/mol. The smallest absolute Gasteiger partial charge is 0.150 e. The van der Waals surface area contributed by atoms with Crippen LogP contribution in [0.2, 0.25) is 0 Å². The minimum Gasteiger partial charge on any atom is -0.496 e. The van der Waals surface area contributed by atoms with Crippen molar-refractivity contribution in [3.05, 3.63) is 60.5 Å². The number of pyridine rings is 1. The number of nitrogens with zero attached hydrogens (tertiary/aromatic N) is 1. The van der Waals surface area contributed by atoms with Crippen LogP contribution in [0.3, 0.4) is 0 Å².